The summed E-state index contributed by atoms with van der Waals surface area (Å²) in [6.45, 7) is 2.40. The number of aliphatic hydroxyl groups is 1. The van der Waals surface area contributed by atoms with Crippen LogP contribution in [0.15, 0.2) is 30.3 Å². The predicted octanol–water partition coefficient (Wildman–Crippen LogP) is 3.37. The Kier molecular flexibility index (Phi) is 5.30. The van der Waals surface area contributed by atoms with Gasteiger partial charge in [-0.25, -0.2) is 4.68 Å². The Balaban J connectivity index is 1.83. The molecule has 0 radical (unpaired) electrons. The molecule has 1 fully saturated rings. The fourth-order valence-electron chi connectivity index (χ4n) is 3.37. The van der Waals surface area contributed by atoms with Crippen molar-refractivity contribution in [3.05, 3.63) is 35.9 Å². The van der Waals surface area contributed by atoms with E-state index >= 15 is 0 Å². The number of benzene rings is 1. The van der Waals surface area contributed by atoms with E-state index in [9.17, 15) is 9.90 Å². The number of carbonyl (C=O) groups is 1. The van der Waals surface area contributed by atoms with Crippen LogP contribution >= 0.6 is 0 Å². The Morgan fingerprint density at radius 2 is 2.04 bits per heavy atom. The minimum absolute atomic E-state index is 0.0127. The highest BCUT2D eigenvalue weighted by Crippen LogP contribution is 2.27. The average Bonchev–Trinajstić information content (AvgIpc) is 2.99. The summed E-state index contributed by atoms with van der Waals surface area (Å²) in [7, 11) is 0. The summed E-state index contributed by atoms with van der Waals surface area (Å²) >= 11 is 0. The van der Waals surface area contributed by atoms with Gasteiger partial charge in [0.1, 0.15) is 5.82 Å². The highest BCUT2D eigenvalue weighted by molar-refractivity contribution is 5.92. The minimum atomic E-state index is -0.0127. The van der Waals surface area contributed by atoms with Crippen LogP contribution in [0.3, 0.4) is 0 Å². The number of carbonyl (C=O) groups excluding carboxylic acids is 1. The molecule has 5 heteroatoms. The van der Waals surface area contributed by atoms with Gasteiger partial charge in [-0.05, 0) is 25.3 Å². The summed E-state index contributed by atoms with van der Waals surface area (Å²) in [6.07, 6.45) is 5.41. The lowest BCUT2D eigenvalue weighted by atomic mass is 9.89. The monoisotopic (exact) mass is 327 g/mol. The summed E-state index contributed by atoms with van der Waals surface area (Å²) < 4.78 is 1.68. The number of aromatic nitrogens is 2. The van der Waals surface area contributed by atoms with Crippen molar-refractivity contribution in [2.75, 3.05) is 11.9 Å². The number of amides is 1. The predicted molar refractivity (Wildman–Crippen MR) is 94.7 cm³/mol. The van der Waals surface area contributed by atoms with Crippen LogP contribution in [0, 0.1) is 12.8 Å². The molecule has 1 heterocycles. The molecule has 1 aromatic carbocycles. The quantitative estimate of drug-likeness (QED) is 0.885. The van der Waals surface area contributed by atoms with Crippen molar-refractivity contribution in [2.24, 2.45) is 5.92 Å². The third-order valence-electron chi connectivity index (χ3n) is 4.74. The number of anilines is 1. The first-order valence-electron chi connectivity index (χ1n) is 8.74. The van der Waals surface area contributed by atoms with Gasteiger partial charge in [0.2, 0.25) is 5.91 Å². The lowest BCUT2D eigenvalue weighted by Crippen LogP contribution is -2.26. The van der Waals surface area contributed by atoms with Gasteiger partial charge in [0.05, 0.1) is 18.8 Å². The summed E-state index contributed by atoms with van der Waals surface area (Å²) in [5.74, 6) is 0.834. The van der Waals surface area contributed by atoms with Crippen LogP contribution in [0.2, 0.25) is 0 Å². The van der Waals surface area contributed by atoms with E-state index in [1.165, 1.54) is 6.42 Å². The van der Waals surface area contributed by atoms with E-state index in [4.69, 9.17) is 0 Å². The topological polar surface area (TPSA) is 67.2 Å². The first-order chi connectivity index (χ1) is 11.7. The molecule has 1 amide bonds. The van der Waals surface area contributed by atoms with E-state index in [-0.39, 0.29) is 18.4 Å². The van der Waals surface area contributed by atoms with Crippen LogP contribution < -0.4 is 5.32 Å². The number of aryl methyl sites for hydroxylation is 1. The van der Waals surface area contributed by atoms with Crippen molar-refractivity contribution in [1.29, 1.82) is 0 Å². The lowest BCUT2D eigenvalue weighted by molar-refractivity contribution is -0.120. The van der Waals surface area contributed by atoms with Gasteiger partial charge in [-0.3, -0.25) is 4.79 Å². The second-order valence-corrected chi connectivity index (χ2v) is 6.50. The van der Waals surface area contributed by atoms with Crippen LogP contribution in [0.1, 0.15) is 37.7 Å². The molecule has 0 saturated heterocycles. The Morgan fingerprint density at radius 3 is 2.75 bits per heavy atom. The zero-order chi connectivity index (χ0) is 16.9. The first kappa shape index (κ1) is 16.7. The molecule has 3 rings (SSSR count). The number of hydrogen-bond acceptors (Lipinski definition) is 3. The van der Waals surface area contributed by atoms with Gasteiger partial charge in [0.25, 0.3) is 0 Å². The number of rotatable bonds is 5. The van der Waals surface area contributed by atoms with Crippen molar-refractivity contribution in [3.8, 4) is 11.3 Å². The van der Waals surface area contributed by atoms with Crippen LogP contribution in [-0.4, -0.2) is 27.4 Å². The van der Waals surface area contributed by atoms with E-state index in [0.717, 1.165) is 42.5 Å². The third kappa shape index (κ3) is 3.67. The molecule has 1 saturated carbocycles. The largest absolute Gasteiger partial charge is 0.394 e. The number of nitrogens with one attached hydrogen (secondary N) is 1. The highest BCUT2D eigenvalue weighted by Gasteiger charge is 2.22. The maximum Gasteiger partial charge on any atom is 0.228 e. The Bertz CT molecular complexity index is 702. The van der Waals surface area contributed by atoms with Crippen LogP contribution in [0.4, 0.5) is 5.82 Å². The van der Waals surface area contributed by atoms with E-state index in [1.807, 2.05) is 37.3 Å². The molecule has 2 aromatic rings. The maximum absolute atomic E-state index is 12.5. The molecule has 1 aliphatic rings. The molecule has 0 atom stereocenters. The van der Waals surface area contributed by atoms with Crippen molar-refractivity contribution in [2.45, 2.75) is 45.6 Å². The standard InChI is InChI=1S/C19H25N3O2/c1-14-7-5-6-10-16(14)17-13-18(22(21-17)11-12-23)20-19(24)15-8-3-2-4-9-15/h5-7,10,13,15,23H,2-4,8-9,11-12H2,1H3,(H,20,24). The van der Waals surface area contributed by atoms with Crippen LogP contribution in [0.25, 0.3) is 11.3 Å². The fraction of sp³-hybridized carbons (Fsp3) is 0.474. The third-order valence-corrected chi connectivity index (χ3v) is 4.74. The van der Waals surface area contributed by atoms with Gasteiger partial charge in [-0.1, -0.05) is 43.5 Å². The first-order valence-corrected chi connectivity index (χ1v) is 8.74. The zero-order valence-corrected chi connectivity index (χ0v) is 14.2. The van der Waals surface area contributed by atoms with Gasteiger partial charge >= 0.3 is 0 Å². The van der Waals surface area contributed by atoms with Crippen LogP contribution in [-0.2, 0) is 11.3 Å². The van der Waals surface area contributed by atoms with Gasteiger partial charge < -0.3 is 10.4 Å². The normalized spacial score (nSPS) is 15.4. The molecular formula is C19H25N3O2. The maximum atomic E-state index is 12.5. The number of hydrogen-bond donors (Lipinski definition) is 2. The van der Waals surface area contributed by atoms with Gasteiger partial charge in [-0.15, -0.1) is 0 Å². The molecule has 24 heavy (non-hydrogen) atoms. The number of aliphatic hydroxyl groups excluding tert-OH is 1. The fourth-order valence-corrected chi connectivity index (χ4v) is 3.37. The molecule has 1 aromatic heterocycles. The van der Waals surface area contributed by atoms with E-state index < -0.39 is 0 Å². The number of nitrogens with zero attached hydrogens (tertiary/aromatic N) is 2. The Hall–Kier alpha value is -2.14. The van der Waals surface area contributed by atoms with Gasteiger partial charge in [0.15, 0.2) is 0 Å². The average molecular weight is 327 g/mol. The van der Waals surface area contributed by atoms with Crippen molar-refractivity contribution < 1.29 is 9.90 Å². The smallest absolute Gasteiger partial charge is 0.228 e. The van der Waals surface area contributed by atoms with E-state index in [1.54, 1.807) is 4.68 Å². The second-order valence-electron chi connectivity index (χ2n) is 6.50. The molecule has 0 unspecified atom stereocenters. The van der Waals surface area contributed by atoms with Crippen molar-refractivity contribution in [3.63, 3.8) is 0 Å². The molecule has 5 nitrogen and oxygen atoms in total. The molecule has 1 aliphatic carbocycles. The summed E-state index contributed by atoms with van der Waals surface area (Å²) in [5.41, 5.74) is 3.00. The van der Waals surface area contributed by atoms with Gasteiger partial charge in [0, 0.05) is 17.5 Å². The summed E-state index contributed by atoms with van der Waals surface area (Å²) in [6, 6.07) is 9.94. The summed E-state index contributed by atoms with van der Waals surface area (Å²) in [5, 5.41) is 16.9. The summed E-state index contributed by atoms with van der Waals surface area (Å²) in [4.78, 5) is 12.5. The SMILES string of the molecule is Cc1ccccc1-c1cc(NC(=O)C2CCCCC2)n(CCO)n1. The lowest BCUT2D eigenvalue weighted by Gasteiger charge is -2.20. The van der Waals surface area contributed by atoms with Crippen LogP contribution in [0.5, 0.6) is 0 Å². The van der Waals surface area contributed by atoms with E-state index in [2.05, 4.69) is 10.4 Å². The van der Waals surface area contributed by atoms with Gasteiger partial charge in [-0.2, -0.15) is 5.10 Å². The molecule has 0 bridgehead atoms. The second kappa shape index (κ2) is 7.62. The Labute approximate surface area is 142 Å². The Morgan fingerprint density at radius 1 is 1.29 bits per heavy atom. The van der Waals surface area contributed by atoms with E-state index in [0.29, 0.717) is 12.4 Å². The van der Waals surface area contributed by atoms with Crippen molar-refractivity contribution in [1.82, 2.24) is 9.78 Å². The zero-order valence-electron chi connectivity index (χ0n) is 14.2. The molecule has 0 aliphatic heterocycles. The van der Waals surface area contributed by atoms with Crippen molar-refractivity contribution >= 4 is 11.7 Å². The molecule has 0 spiro atoms. The highest BCUT2D eigenvalue weighted by atomic mass is 16.3. The molecular weight excluding hydrogens is 302 g/mol. The molecule has 128 valence electrons. The molecule has 2 N–H and O–H groups in total. The minimum Gasteiger partial charge on any atom is -0.394 e.